The summed E-state index contributed by atoms with van der Waals surface area (Å²) in [6.07, 6.45) is 1.28. The second kappa shape index (κ2) is 12.3. The zero-order valence-corrected chi connectivity index (χ0v) is 21.5. The van der Waals surface area contributed by atoms with Crippen LogP contribution in [0.25, 0.3) is 11.4 Å². The molecule has 1 amide bonds. The van der Waals surface area contributed by atoms with E-state index in [1.54, 1.807) is 14.0 Å². The minimum absolute atomic E-state index is 0.105. The zero-order valence-electron chi connectivity index (χ0n) is 21.5. The Kier molecular flexibility index (Phi) is 8.95. The lowest BCUT2D eigenvalue weighted by Gasteiger charge is -2.36. The van der Waals surface area contributed by atoms with Crippen molar-refractivity contribution >= 4 is 17.5 Å². The van der Waals surface area contributed by atoms with Gasteiger partial charge in [-0.25, -0.2) is 9.97 Å². The normalized spacial score (nSPS) is 17.7. The number of amides is 1. The molecule has 0 bridgehead atoms. The summed E-state index contributed by atoms with van der Waals surface area (Å²) < 4.78 is 11.3. The third kappa shape index (κ3) is 6.63. The number of aliphatic hydroxyl groups excluding tert-OH is 1. The van der Waals surface area contributed by atoms with Crippen molar-refractivity contribution in [3.63, 3.8) is 0 Å². The van der Waals surface area contributed by atoms with Gasteiger partial charge in [0, 0.05) is 70.0 Å². The largest absolute Gasteiger partial charge is 0.491 e. The van der Waals surface area contributed by atoms with Gasteiger partial charge in [0.15, 0.2) is 5.82 Å². The van der Waals surface area contributed by atoms with Crippen LogP contribution in [0.5, 0.6) is 5.75 Å². The van der Waals surface area contributed by atoms with E-state index in [4.69, 9.17) is 19.4 Å². The van der Waals surface area contributed by atoms with E-state index in [-0.39, 0.29) is 12.5 Å². The molecule has 1 atom stereocenters. The number of nitrogens with zero attached hydrogens (tertiary/aromatic N) is 4. The van der Waals surface area contributed by atoms with Gasteiger partial charge in [-0.1, -0.05) is 12.1 Å². The van der Waals surface area contributed by atoms with Gasteiger partial charge < -0.3 is 35.0 Å². The van der Waals surface area contributed by atoms with Crippen molar-refractivity contribution in [2.75, 3.05) is 69.8 Å². The SMILES string of the molecule is CNCC(O)COc1cccc(-c2nc(NC3CCOCC3)c(C)c(N3CCN(C(C)=O)CC3)n2)c1. The summed E-state index contributed by atoms with van der Waals surface area (Å²) in [6, 6.07) is 7.96. The maximum Gasteiger partial charge on any atom is 0.219 e. The van der Waals surface area contributed by atoms with Crippen LogP contribution in [0, 0.1) is 6.92 Å². The number of aliphatic hydroxyl groups is 1. The number of carbonyl (C=O) groups is 1. The molecule has 2 fully saturated rings. The zero-order chi connectivity index (χ0) is 25.5. The Labute approximate surface area is 213 Å². The number of hydrogen-bond acceptors (Lipinski definition) is 9. The molecule has 0 spiro atoms. The van der Waals surface area contributed by atoms with Gasteiger partial charge in [-0.15, -0.1) is 0 Å². The number of rotatable bonds is 9. The maximum atomic E-state index is 11.8. The van der Waals surface area contributed by atoms with E-state index in [0.717, 1.165) is 61.9 Å². The van der Waals surface area contributed by atoms with Crippen LogP contribution in [-0.4, -0.2) is 97.6 Å². The van der Waals surface area contributed by atoms with Crippen molar-refractivity contribution in [2.24, 2.45) is 0 Å². The maximum absolute atomic E-state index is 11.8. The second-order valence-electron chi connectivity index (χ2n) is 9.42. The Morgan fingerprint density at radius 1 is 1.22 bits per heavy atom. The predicted molar refractivity (Wildman–Crippen MR) is 140 cm³/mol. The molecule has 1 aromatic heterocycles. The smallest absolute Gasteiger partial charge is 0.219 e. The van der Waals surface area contributed by atoms with Crippen LogP contribution in [0.3, 0.4) is 0 Å². The minimum Gasteiger partial charge on any atom is -0.491 e. The molecule has 196 valence electrons. The first kappa shape index (κ1) is 26.1. The number of aromatic nitrogens is 2. The monoisotopic (exact) mass is 498 g/mol. The highest BCUT2D eigenvalue weighted by atomic mass is 16.5. The van der Waals surface area contributed by atoms with Gasteiger partial charge >= 0.3 is 0 Å². The second-order valence-corrected chi connectivity index (χ2v) is 9.42. The minimum atomic E-state index is -0.593. The first-order valence-corrected chi connectivity index (χ1v) is 12.7. The molecule has 4 rings (SSSR count). The van der Waals surface area contributed by atoms with Crippen molar-refractivity contribution in [1.82, 2.24) is 20.2 Å². The van der Waals surface area contributed by atoms with E-state index in [2.05, 4.69) is 22.5 Å². The summed E-state index contributed by atoms with van der Waals surface area (Å²) in [7, 11) is 1.79. The van der Waals surface area contributed by atoms with Crippen molar-refractivity contribution in [3.05, 3.63) is 29.8 Å². The van der Waals surface area contributed by atoms with Crippen LogP contribution in [0.1, 0.15) is 25.3 Å². The fourth-order valence-corrected chi connectivity index (χ4v) is 4.56. The third-order valence-corrected chi connectivity index (χ3v) is 6.68. The van der Waals surface area contributed by atoms with Crippen LogP contribution in [0.15, 0.2) is 24.3 Å². The average molecular weight is 499 g/mol. The van der Waals surface area contributed by atoms with Gasteiger partial charge in [-0.3, -0.25) is 4.79 Å². The van der Waals surface area contributed by atoms with Gasteiger partial charge in [0.25, 0.3) is 0 Å². The molecule has 2 aliphatic rings. The van der Waals surface area contributed by atoms with Gasteiger partial charge in [0.1, 0.15) is 30.1 Å². The molecule has 1 aromatic carbocycles. The van der Waals surface area contributed by atoms with E-state index in [1.165, 1.54) is 0 Å². The quantitative estimate of drug-likeness (QED) is 0.475. The van der Waals surface area contributed by atoms with E-state index in [0.29, 0.717) is 37.3 Å². The lowest BCUT2D eigenvalue weighted by molar-refractivity contribution is -0.129. The number of benzene rings is 1. The van der Waals surface area contributed by atoms with E-state index in [1.807, 2.05) is 29.2 Å². The van der Waals surface area contributed by atoms with Crippen LogP contribution in [0.4, 0.5) is 11.6 Å². The Morgan fingerprint density at radius 3 is 2.67 bits per heavy atom. The molecule has 3 N–H and O–H groups in total. The summed E-state index contributed by atoms with van der Waals surface area (Å²) in [5, 5.41) is 16.6. The van der Waals surface area contributed by atoms with Gasteiger partial charge in [0.2, 0.25) is 5.91 Å². The van der Waals surface area contributed by atoms with Gasteiger partial charge in [-0.2, -0.15) is 0 Å². The first-order chi connectivity index (χ1) is 17.4. The topological polar surface area (TPSA) is 112 Å². The summed E-state index contributed by atoms with van der Waals surface area (Å²) in [5.41, 5.74) is 1.85. The standard InChI is InChI=1S/C26H38N6O4/c1-18-24(28-21-7-13-35-14-8-21)29-25(30-26(18)32-11-9-31(10-12-32)19(2)33)20-5-4-6-23(15-20)36-17-22(34)16-27-3/h4-6,15,21-22,27,34H,7-14,16-17H2,1-3H3,(H,28,29,30). The Hall–Kier alpha value is -2.95. The van der Waals surface area contributed by atoms with E-state index >= 15 is 0 Å². The first-order valence-electron chi connectivity index (χ1n) is 12.7. The number of likely N-dealkylation sites (N-methyl/N-ethyl adjacent to an activating group) is 1. The molecular weight excluding hydrogens is 460 g/mol. The summed E-state index contributed by atoms with van der Waals surface area (Å²) >= 11 is 0. The van der Waals surface area contributed by atoms with Crippen LogP contribution in [0.2, 0.25) is 0 Å². The van der Waals surface area contributed by atoms with Crippen molar-refractivity contribution in [1.29, 1.82) is 0 Å². The molecule has 36 heavy (non-hydrogen) atoms. The average Bonchev–Trinajstić information content (AvgIpc) is 2.90. The molecule has 0 aliphatic carbocycles. The molecule has 2 aliphatic heterocycles. The number of anilines is 2. The highest BCUT2D eigenvalue weighted by molar-refractivity contribution is 5.74. The highest BCUT2D eigenvalue weighted by Crippen LogP contribution is 2.31. The van der Waals surface area contributed by atoms with Crippen LogP contribution >= 0.6 is 0 Å². The molecule has 2 aromatic rings. The fourth-order valence-electron chi connectivity index (χ4n) is 4.56. The number of ether oxygens (including phenoxy) is 2. The Morgan fingerprint density at radius 2 is 1.97 bits per heavy atom. The molecule has 0 saturated carbocycles. The van der Waals surface area contributed by atoms with Crippen molar-refractivity contribution in [2.45, 2.75) is 38.8 Å². The number of carbonyl (C=O) groups excluding carboxylic acids is 1. The van der Waals surface area contributed by atoms with E-state index in [9.17, 15) is 9.90 Å². The predicted octanol–water partition coefficient (Wildman–Crippen LogP) is 1.67. The number of nitrogens with one attached hydrogen (secondary N) is 2. The molecule has 2 saturated heterocycles. The Balaban J connectivity index is 1.62. The molecule has 10 nitrogen and oxygen atoms in total. The van der Waals surface area contributed by atoms with E-state index < -0.39 is 6.10 Å². The van der Waals surface area contributed by atoms with Crippen molar-refractivity contribution < 1.29 is 19.4 Å². The molecule has 0 radical (unpaired) electrons. The molecule has 1 unspecified atom stereocenters. The third-order valence-electron chi connectivity index (χ3n) is 6.68. The van der Waals surface area contributed by atoms with Gasteiger partial charge in [-0.05, 0) is 38.9 Å². The number of piperazine rings is 1. The molecule has 10 heteroatoms. The van der Waals surface area contributed by atoms with Gasteiger partial charge in [0.05, 0.1) is 0 Å². The molecular formula is C26H38N6O4. The summed E-state index contributed by atoms with van der Waals surface area (Å²) in [4.78, 5) is 25.9. The fraction of sp³-hybridized carbons (Fsp3) is 0.577. The molecule has 3 heterocycles. The lowest BCUT2D eigenvalue weighted by atomic mass is 10.1. The van der Waals surface area contributed by atoms with Crippen LogP contribution < -0.4 is 20.3 Å². The highest BCUT2D eigenvalue weighted by Gasteiger charge is 2.25. The van der Waals surface area contributed by atoms with Crippen molar-refractivity contribution in [3.8, 4) is 17.1 Å². The summed E-state index contributed by atoms with van der Waals surface area (Å²) in [5.74, 6) is 3.08. The number of hydrogen-bond donors (Lipinski definition) is 3. The Bertz CT molecular complexity index is 1020. The lowest BCUT2D eigenvalue weighted by Crippen LogP contribution is -2.48. The van der Waals surface area contributed by atoms with Crippen LogP contribution in [-0.2, 0) is 9.53 Å². The summed E-state index contributed by atoms with van der Waals surface area (Å²) in [6.45, 7) is 8.61.